The monoisotopic (exact) mass is 336 g/mol. The minimum Gasteiger partial charge on any atom is -0.330 e. The first-order chi connectivity index (χ1) is 11.1. The summed E-state index contributed by atoms with van der Waals surface area (Å²) in [6.45, 7) is 8.31. The molecule has 0 bridgehead atoms. The van der Waals surface area contributed by atoms with E-state index in [1.807, 2.05) is 27.7 Å². The van der Waals surface area contributed by atoms with Crippen molar-refractivity contribution in [2.75, 3.05) is 6.54 Å². The summed E-state index contributed by atoms with van der Waals surface area (Å²) in [4.78, 5) is 37.9. The van der Waals surface area contributed by atoms with Gasteiger partial charge in [0.1, 0.15) is 0 Å². The standard InChI is InChI=1S/C19H32N2O3/c1-12(2)9-13(18(24)14(21)7-5-6-8-20)17-15(22)10-19(3,4)11-16(17)23/h12,14H,5-11,20-21H2,1-4H3/t14-/m0/s1. The molecule has 1 fully saturated rings. The summed E-state index contributed by atoms with van der Waals surface area (Å²) in [6, 6.07) is -0.673. The van der Waals surface area contributed by atoms with E-state index in [1.165, 1.54) is 0 Å². The van der Waals surface area contributed by atoms with Crippen LogP contribution in [0.5, 0.6) is 0 Å². The summed E-state index contributed by atoms with van der Waals surface area (Å²) in [5, 5.41) is 0. The van der Waals surface area contributed by atoms with Crippen molar-refractivity contribution in [2.45, 2.75) is 72.3 Å². The van der Waals surface area contributed by atoms with Crippen LogP contribution in [-0.2, 0) is 14.4 Å². The van der Waals surface area contributed by atoms with Gasteiger partial charge in [-0.2, -0.15) is 0 Å². The van der Waals surface area contributed by atoms with E-state index >= 15 is 0 Å². The predicted molar refractivity (Wildman–Crippen MR) is 95.4 cm³/mol. The van der Waals surface area contributed by atoms with Crippen LogP contribution in [0.25, 0.3) is 0 Å². The van der Waals surface area contributed by atoms with Gasteiger partial charge in [-0.05, 0) is 37.1 Å². The molecular formula is C19H32N2O3. The third kappa shape index (κ3) is 5.64. The summed E-state index contributed by atoms with van der Waals surface area (Å²) in [5.41, 5.74) is 11.6. The fourth-order valence-corrected chi connectivity index (χ4v) is 3.20. The van der Waals surface area contributed by atoms with Crippen LogP contribution in [0.4, 0.5) is 0 Å². The highest BCUT2D eigenvalue weighted by molar-refractivity contribution is 6.26. The highest BCUT2D eigenvalue weighted by Gasteiger charge is 2.39. The smallest absolute Gasteiger partial charge is 0.176 e. The van der Waals surface area contributed by atoms with Crippen LogP contribution >= 0.6 is 0 Å². The molecule has 0 aromatic heterocycles. The van der Waals surface area contributed by atoms with Crippen molar-refractivity contribution < 1.29 is 14.4 Å². The molecule has 24 heavy (non-hydrogen) atoms. The number of ketones is 3. The van der Waals surface area contributed by atoms with Crippen LogP contribution < -0.4 is 11.5 Å². The van der Waals surface area contributed by atoms with Crippen molar-refractivity contribution in [2.24, 2.45) is 22.8 Å². The first kappa shape index (κ1) is 20.7. The van der Waals surface area contributed by atoms with Crippen LogP contribution in [0.3, 0.4) is 0 Å². The van der Waals surface area contributed by atoms with Crippen LogP contribution in [0.15, 0.2) is 11.1 Å². The molecule has 0 aromatic carbocycles. The fourth-order valence-electron chi connectivity index (χ4n) is 3.20. The van der Waals surface area contributed by atoms with Gasteiger partial charge in [0.15, 0.2) is 17.3 Å². The van der Waals surface area contributed by atoms with Gasteiger partial charge in [0.25, 0.3) is 0 Å². The van der Waals surface area contributed by atoms with Gasteiger partial charge < -0.3 is 11.5 Å². The number of carbonyl (C=O) groups is 3. The van der Waals surface area contributed by atoms with E-state index in [2.05, 4.69) is 0 Å². The van der Waals surface area contributed by atoms with E-state index in [9.17, 15) is 14.4 Å². The van der Waals surface area contributed by atoms with Crippen molar-refractivity contribution in [1.82, 2.24) is 0 Å². The van der Waals surface area contributed by atoms with Gasteiger partial charge in [-0.3, -0.25) is 14.4 Å². The Morgan fingerprint density at radius 1 is 1.12 bits per heavy atom. The first-order valence-electron chi connectivity index (χ1n) is 8.88. The molecule has 1 aliphatic rings. The van der Waals surface area contributed by atoms with Crippen LogP contribution in [0.2, 0.25) is 0 Å². The lowest BCUT2D eigenvalue weighted by atomic mass is 9.71. The Balaban J connectivity index is 3.13. The minimum absolute atomic E-state index is 0.113. The SMILES string of the molecule is CC(C)CC(C(=O)[C@@H](N)CCCCN)=C1C(=O)CC(C)(C)CC1=O. The zero-order valence-corrected chi connectivity index (χ0v) is 15.5. The second kappa shape index (κ2) is 8.67. The number of allylic oxidation sites excluding steroid dienone is 1. The number of nitrogens with two attached hydrogens (primary N) is 2. The molecular weight excluding hydrogens is 304 g/mol. The van der Waals surface area contributed by atoms with Crippen molar-refractivity contribution >= 4 is 17.3 Å². The average Bonchev–Trinajstić information content (AvgIpc) is 2.43. The molecule has 0 amide bonds. The number of hydrogen-bond donors (Lipinski definition) is 2. The third-order valence-corrected chi connectivity index (χ3v) is 4.35. The number of Topliss-reactive ketones (excluding diaryl/α,β-unsaturated/α-hetero) is 3. The van der Waals surface area contributed by atoms with Crippen LogP contribution in [0.1, 0.15) is 66.2 Å². The molecule has 0 aromatic rings. The predicted octanol–water partition coefficient (Wildman–Crippen LogP) is 2.31. The second-order valence-corrected chi connectivity index (χ2v) is 8.07. The summed E-state index contributed by atoms with van der Waals surface area (Å²) in [7, 11) is 0. The van der Waals surface area contributed by atoms with Crippen molar-refractivity contribution in [3.63, 3.8) is 0 Å². The number of hydrogen-bond acceptors (Lipinski definition) is 5. The Morgan fingerprint density at radius 3 is 2.12 bits per heavy atom. The van der Waals surface area contributed by atoms with Crippen molar-refractivity contribution in [3.05, 3.63) is 11.1 Å². The third-order valence-electron chi connectivity index (χ3n) is 4.35. The van der Waals surface area contributed by atoms with Gasteiger partial charge in [-0.25, -0.2) is 0 Å². The molecule has 5 heteroatoms. The van der Waals surface area contributed by atoms with E-state index in [0.717, 1.165) is 12.8 Å². The maximum atomic E-state index is 12.8. The lowest BCUT2D eigenvalue weighted by Gasteiger charge is -2.30. The summed E-state index contributed by atoms with van der Waals surface area (Å²) >= 11 is 0. The molecule has 1 rings (SSSR count). The topological polar surface area (TPSA) is 103 Å². The molecule has 136 valence electrons. The molecule has 5 nitrogen and oxygen atoms in total. The maximum absolute atomic E-state index is 12.8. The van der Waals surface area contributed by atoms with E-state index in [0.29, 0.717) is 37.8 Å². The Bertz CT molecular complexity index is 511. The van der Waals surface area contributed by atoms with E-state index < -0.39 is 6.04 Å². The number of carbonyl (C=O) groups excluding carboxylic acids is 3. The zero-order valence-electron chi connectivity index (χ0n) is 15.5. The Labute approximate surface area is 145 Å². The molecule has 1 saturated carbocycles. The molecule has 0 unspecified atom stereocenters. The molecule has 4 N–H and O–H groups in total. The largest absolute Gasteiger partial charge is 0.330 e. The normalized spacial score (nSPS) is 18.9. The number of unbranched alkanes of at least 4 members (excludes halogenated alkanes) is 1. The maximum Gasteiger partial charge on any atom is 0.176 e. The van der Waals surface area contributed by atoms with Crippen molar-refractivity contribution in [3.8, 4) is 0 Å². The Morgan fingerprint density at radius 2 is 1.67 bits per heavy atom. The fraction of sp³-hybridized carbons (Fsp3) is 0.737. The molecule has 0 saturated heterocycles. The molecule has 0 heterocycles. The molecule has 1 aliphatic carbocycles. The van der Waals surface area contributed by atoms with E-state index in [4.69, 9.17) is 11.5 Å². The Kier molecular flexibility index (Phi) is 7.49. The lowest BCUT2D eigenvalue weighted by molar-refractivity contribution is -0.128. The Hall–Kier alpha value is -1.33. The molecule has 0 aliphatic heterocycles. The average molecular weight is 336 g/mol. The van der Waals surface area contributed by atoms with Gasteiger partial charge in [0, 0.05) is 18.4 Å². The van der Waals surface area contributed by atoms with Gasteiger partial charge in [0.05, 0.1) is 11.6 Å². The van der Waals surface area contributed by atoms with Crippen molar-refractivity contribution in [1.29, 1.82) is 0 Å². The highest BCUT2D eigenvalue weighted by atomic mass is 16.2. The summed E-state index contributed by atoms with van der Waals surface area (Å²) in [6.07, 6.45) is 3.11. The van der Waals surface area contributed by atoms with E-state index in [1.54, 1.807) is 0 Å². The zero-order chi connectivity index (χ0) is 18.5. The van der Waals surface area contributed by atoms with Gasteiger partial charge in [-0.15, -0.1) is 0 Å². The minimum atomic E-state index is -0.673. The summed E-state index contributed by atoms with van der Waals surface area (Å²) < 4.78 is 0. The van der Waals surface area contributed by atoms with Gasteiger partial charge >= 0.3 is 0 Å². The van der Waals surface area contributed by atoms with E-state index in [-0.39, 0.29) is 34.3 Å². The first-order valence-corrected chi connectivity index (χ1v) is 8.88. The molecule has 0 radical (unpaired) electrons. The van der Waals surface area contributed by atoms with Gasteiger partial charge in [-0.1, -0.05) is 34.1 Å². The van der Waals surface area contributed by atoms with Crippen LogP contribution in [0, 0.1) is 11.3 Å². The van der Waals surface area contributed by atoms with Gasteiger partial charge in [0.2, 0.25) is 0 Å². The summed E-state index contributed by atoms with van der Waals surface area (Å²) in [5.74, 6) is -0.510. The van der Waals surface area contributed by atoms with Crippen LogP contribution in [-0.4, -0.2) is 29.9 Å². The highest BCUT2D eigenvalue weighted by Crippen LogP contribution is 2.36. The number of rotatable bonds is 8. The quantitative estimate of drug-likeness (QED) is 0.402. The lowest BCUT2D eigenvalue weighted by Crippen LogP contribution is -2.37. The second-order valence-electron chi connectivity index (χ2n) is 8.07. The molecule has 0 spiro atoms. The molecule has 1 atom stereocenters.